The predicted molar refractivity (Wildman–Crippen MR) is 129 cm³/mol. The van der Waals surface area contributed by atoms with Crippen LogP contribution in [0.15, 0.2) is 53.5 Å². The van der Waals surface area contributed by atoms with Crippen molar-refractivity contribution in [2.24, 2.45) is 7.05 Å². The molecule has 0 saturated carbocycles. The van der Waals surface area contributed by atoms with Crippen molar-refractivity contribution >= 4 is 58.8 Å². The third-order valence-corrected chi connectivity index (χ3v) is 5.29. The molecule has 1 heterocycles. The summed E-state index contributed by atoms with van der Waals surface area (Å²) >= 11 is 5.86. The molecule has 1 unspecified atom stereocenters. The number of urea groups is 1. The summed E-state index contributed by atoms with van der Waals surface area (Å²) in [7, 11) is 1.47. The van der Waals surface area contributed by atoms with Gasteiger partial charge in [-0.25, -0.2) is 9.18 Å². The van der Waals surface area contributed by atoms with E-state index in [0.29, 0.717) is 22.3 Å². The van der Waals surface area contributed by atoms with Crippen molar-refractivity contribution in [3.8, 4) is 16.9 Å². The molecule has 1 atom stereocenters. The van der Waals surface area contributed by atoms with E-state index < -0.39 is 35.8 Å². The number of carbonyl (C=O) groups excluding carboxylic acids is 1. The number of anilines is 1. The Morgan fingerprint density at radius 2 is 1.85 bits per heavy atom. The van der Waals surface area contributed by atoms with E-state index in [1.54, 1.807) is 31.2 Å². The van der Waals surface area contributed by atoms with Gasteiger partial charge in [0.05, 0.1) is 17.5 Å². The van der Waals surface area contributed by atoms with Crippen LogP contribution in [0.4, 0.5) is 14.9 Å². The molecule has 1 aromatic heterocycles. The Morgan fingerprint density at radius 1 is 1.18 bits per heavy atom. The summed E-state index contributed by atoms with van der Waals surface area (Å²) in [4.78, 5) is 36.3. The fraction of sp³-hybridized carbons (Fsp3) is 0.174. The number of hydrogen-bond donors (Lipinski definition) is 4. The van der Waals surface area contributed by atoms with Crippen LogP contribution in [0.25, 0.3) is 11.1 Å². The molecular formula is C23H22ClFN3NaO5. The summed E-state index contributed by atoms with van der Waals surface area (Å²) in [6, 6.07) is 9.05. The summed E-state index contributed by atoms with van der Waals surface area (Å²) in [6.45, 7) is 1.57. The SMILES string of the molecule is Cc1cn(C)c(=O)c(NC(=O)NC(CC(=O)O)c2cccc(-c3ccc(F)c(Cl)c3)c2)c1O.[NaH]. The fourth-order valence-electron chi connectivity index (χ4n) is 3.34. The zero-order chi connectivity index (χ0) is 24.3. The molecule has 0 fully saturated rings. The van der Waals surface area contributed by atoms with Crippen LogP contribution >= 0.6 is 11.6 Å². The van der Waals surface area contributed by atoms with Crippen LogP contribution in [-0.2, 0) is 11.8 Å². The minimum absolute atomic E-state index is 0. The van der Waals surface area contributed by atoms with E-state index >= 15 is 0 Å². The molecule has 4 N–H and O–H groups in total. The molecule has 0 radical (unpaired) electrons. The van der Waals surface area contributed by atoms with Gasteiger partial charge in [0, 0.05) is 18.8 Å². The Kier molecular flexibility index (Phi) is 9.29. The summed E-state index contributed by atoms with van der Waals surface area (Å²) < 4.78 is 14.7. The van der Waals surface area contributed by atoms with Crippen LogP contribution in [0, 0.1) is 12.7 Å². The molecule has 3 aromatic rings. The topological polar surface area (TPSA) is 121 Å². The van der Waals surface area contributed by atoms with Crippen LogP contribution in [0.3, 0.4) is 0 Å². The number of carboxylic acid groups (broad SMARTS) is 1. The van der Waals surface area contributed by atoms with Crippen LogP contribution < -0.4 is 16.2 Å². The number of aryl methyl sites for hydroxylation is 2. The van der Waals surface area contributed by atoms with Crippen LogP contribution in [0.2, 0.25) is 5.02 Å². The third kappa shape index (κ3) is 6.38. The fourth-order valence-corrected chi connectivity index (χ4v) is 3.52. The first kappa shape index (κ1) is 27.4. The van der Waals surface area contributed by atoms with E-state index in [9.17, 15) is 29.0 Å². The monoisotopic (exact) mass is 497 g/mol. The molecule has 174 valence electrons. The molecule has 0 aliphatic heterocycles. The number of benzene rings is 2. The van der Waals surface area contributed by atoms with Gasteiger partial charge >= 0.3 is 41.6 Å². The Hall–Kier alpha value is -2.85. The molecule has 2 aromatic carbocycles. The Labute approximate surface area is 221 Å². The van der Waals surface area contributed by atoms with E-state index in [0.717, 1.165) is 0 Å². The molecule has 3 rings (SSSR count). The number of aliphatic carboxylic acids is 1. The number of rotatable bonds is 6. The van der Waals surface area contributed by atoms with Gasteiger partial charge in [-0.05, 0) is 41.8 Å². The molecule has 8 nitrogen and oxygen atoms in total. The standard InChI is InChI=1S/C23H21ClFN3O5.Na.H/c1-12-11-28(2)22(32)20(21(12)31)27-23(33)26-18(10-19(29)30)15-5-3-4-13(8-15)14-6-7-17(25)16(24)9-14;;/h3-9,11,18,31H,10H2,1-2H3,(H,29,30)(H2,26,27,33);;. The zero-order valence-electron chi connectivity index (χ0n) is 17.7. The molecule has 0 saturated heterocycles. The number of aromatic nitrogens is 1. The number of amides is 2. The summed E-state index contributed by atoms with van der Waals surface area (Å²) in [6.07, 6.45) is 0.972. The number of carbonyl (C=O) groups is 2. The van der Waals surface area contributed by atoms with Crippen LogP contribution in [0.1, 0.15) is 23.6 Å². The van der Waals surface area contributed by atoms with Gasteiger partial charge in [0.15, 0.2) is 5.69 Å². The molecule has 11 heteroatoms. The van der Waals surface area contributed by atoms with Crippen molar-refractivity contribution in [1.82, 2.24) is 9.88 Å². The van der Waals surface area contributed by atoms with Crippen LogP contribution in [0.5, 0.6) is 5.75 Å². The number of nitrogens with zero attached hydrogens (tertiary/aromatic N) is 1. The van der Waals surface area contributed by atoms with Crippen molar-refractivity contribution in [2.45, 2.75) is 19.4 Å². The first-order valence-corrected chi connectivity index (χ1v) is 10.2. The first-order chi connectivity index (χ1) is 15.6. The quantitative estimate of drug-likeness (QED) is 0.388. The van der Waals surface area contributed by atoms with Crippen molar-refractivity contribution in [2.75, 3.05) is 5.32 Å². The second-order valence-corrected chi connectivity index (χ2v) is 7.86. The van der Waals surface area contributed by atoms with Gasteiger partial charge < -0.3 is 25.4 Å². The van der Waals surface area contributed by atoms with E-state index in [1.165, 1.54) is 36.0 Å². The van der Waals surface area contributed by atoms with Crippen molar-refractivity contribution in [1.29, 1.82) is 0 Å². The molecule has 0 aliphatic rings. The molecule has 2 amide bonds. The second-order valence-electron chi connectivity index (χ2n) is 7.46. The number of pyridine rings is 1. The number of carboxylic acids is 1. The number of halogens is 2. The number of nitrogens with one attached hydrogen (secondary N) is 2. The van der Waals surface area contributed by atoms with Gasteiger partial charge in [-0.2, -0.15) is 0 Å². The summed E-state index contributed by atoms with van der Waals surface area (Å²) in [5.74, 6) is -2.10. The van der Waals surface area contributed by atoms with Gasteiger partial charge in [-0.15, -0.1) is 0 Å². The zero-order valence-corrected chi connectivity index (χ0v) is 18.5. The predicted octanol–water partition coefficient (Wildman–Crippen LogP) is 3.55. The number of hydrogen-bond acceptors (Lipinski definition) is 4. The molecular weight excluding hydrogens is 476 g/mol. The maximum absolute atomic E-state index is 13.5. The van der Waals surface area contributed by atoms with Gasteiger partial charge in [0.1, 0.15) is 11.6 Å². The summed E-state index contributed by atoms with van der Waals surface area (Å²) in [5.41, 5.74) is 1.14. The Balaban J connectivity index is 0.00000408. The number of aromatic hydroxyl groups is 1. The average molecular weight is 498 g/mol. The van der Waals surface area contributed by atoms with E-state index in [1.807, 2.05) is 0 Å². The minimum atomic E-state index is -1.16. The average Bonchev–Trinajstić information content (AvgIpc) is 2.76. The van der Waals surface area contributed by atoms with E-state index in [2.05, 4.69) is 10.6 Å². The van der Waals surface area contributed by atoms with Crippen molar-refractivity contribution < 1.29 is 24.2 Å². The maximum atomic E-state index is 13.5. The van der Waals surface area contributed by atoms with Crippen molar-refractivity contribution in [3.63, 3.8) is 0 Å². The molecule has 0 aliphatic carbocycles. The van der Waals surface area contributed by atoms with Gasteiger partial charge in [-0.3, -0.25) is 9.59 Å². The van der Waals surface area contributed by atoms with Gasteiger partial charge in [-0.1, -0.05) is 35.9 Å². The third-order valence-electron chi connectivity index (χ3n) is 5.00. The van der Waals surface area contributed by atoms with Gasteiger partial charge in [0.2, 0.25) is 0 Å². The Bertz CT molecular complexity index is 1300. The second kappa shape index (κ2) is 11.5. The normalized spacial score (nSPS) is 11.3. The first-order valence-electron chi connectivity index (χ1n) is 9.80. The van der Waals surface area contributed by atoms with Gasteiger partial charge in [0.25, 0.3) is 5.56 Å². The van der Waals surface area contributed by atoms with E-state index in [-0.39, 0.29) is 46.0 Å². The molecule has 0 bridgehead atoms. The molecule has 0 spiro atoms. The summed E-state index contributed by atoms with van der Waals surface area (Å²) in [5, 5.41) is 24.3. The molecule has 34 heavy (non-hydrogen) atoms. The van der Waals surface area contributed by atoms with Crippen LogP contribution in [-0.4, -0.2) is 56.3 Å². The van der Waals surface area contributed by atoms with E-state index in [4.69, 9.17) is 11.6 Å². The Morgan fingerprint density at radius 3 is 2.50 bits per heavy atom. The van der Waals surface area contributed by atoms with Crippen molar-refractivity contribution in [3.05, 3.63) is 81.0 Å².